The zero-order chi connectivity index (χ0) is 11.6. The first-order valence-corrected chi connectivity index (χ1v) is 4.77. The third-order valence-corrected chi connectivity index (χ3v) is 2.01. The zero-order valence-corrected chi connectivity index (χ0v) is 9.56. The van der Waals surface area contributed by atoms with Crippen LogP contribution in [0.3, 0.4) is 0 Å². The number of carbonyl (C=O) groups excluding carboxylic acids is 1. The van der Waals surface area contributed by atoms with Crippen LogP contribution in [0.15, 0.2) is 12.3 Å². The molecule has 1 N–H and O–H groups in total. The van der Waals surface area contributed by atoms with Crippen molar-refractivity contribution in [3.05, 3.63) is 18.0 Å². The maximum Gasteiger partial charge on any atom is 0.271 e. The monoisotopic (exact) mass is 211 g/mol. The van der Waals surface area contributed by atoms with Gasteiger partial charge in [0.25, 0.3) is 5.91 Å². The summed E-state index contributed by atoms with van der Waals surface area (Å²) in [4.78, 5) is 13.3. The van der Waals surface area contributed by atoms with Crippen molar-refractivity contribution in [1.82, 2.24) is 14.7 Å². The van der Waals surface area contributed by atoms with Gasteiger partial charge in [0, 0.05) is 26.8 Å². The highest BCUT2D eigenvalue weighted by Gasteiger charge is 2.21. The van der Waals surface area contributed by atoms with Crippen LogP contribution in [-0.4, -0.2) is 44.9 Å². The average Bonchev–Trinajstić information content (AvgIpc) is 2.47. The third kappa shape index (κ3) is 3.06. The molecule has 0 spiro atoms. The highest BCUT2D eigenvalue weighted by Crippen LogP contribution is 2.07. The Labute approximate surface area is 89.3 Å². The molecule has 1 heterocycles. The van der Waals surface area contributed by atoms with Gasteiger partial charge in [0.15, 0.2) is 0 Å². The number of rotatable bonds is 3. The summed E-state index contributed by atoms with van der Waals surface area (Å²) in [7, 11) is 3.37. The van der Waals surface area contributed by atoms with E-state index in [-0.39, 0.29) is 12.5 Å². The van der Waals surface area contributed by atoms with Crippen LogP contribution in [0, 0.1) is 0 Å². The largest absolute Gasteiger partial charge is 0.389 e. The van der Waals surface area contributed by atoms with Gasteiger partial charge in [0.05, 0.1) is 5.60 Å². The van der Waals surface area contributed by atoms with Gasteiger partial charge in [0.1, 0.15) is 5.69 Å². The van der Waals surface area contributed by atoms with Crippen LogP contribution in [0.5, 0.6) is 0 Å². The third-order valence-electron chi connectivity index (χ3n) is 2.01. The molecular weight excluding hydrogens is 194 g/mol. The van der Waals surface area contributed by atoms with Crippen molar-refractivity contribution in [3.8, 4) is 0 Å². The Kier molecular flexibility index (Phi) is 3.14. The number of likely N-dealkylation sites (N-methyl/N-ethyl adjacent to an activating group) is 1. The first-order chi connectivity index (χ1) is 6.81. The van der Waals surface area contributed by atoms with Gasteiger partial charge in [-0.3, -0.25) is 9.48 Å². The summed E-state index contributed by atoms with van der Waals surface area (Å²) in [6.45, 7) is 3.62. The molecule has 0 unspecified atom stereocenters. The van der Waals surface area contributed by atoms with Crippen molar-refractivity contribution in [1.29, 1.82) is 0 Å². The molecule has 0 atom stereocenters. The molecule has 1 aromatic heterocycles. The maximum atomic E-state index is 11.9. The first-order valence-electron chi connectivity index (χ1n) is 4.77. The molecule has 0 aliphatic carbocycles. The van der Waals surface area contributed by atoms with E-state index in [2.05, 4.69) is 5.10 Å². The van der Waals surface area contributed by atoms with Crippen LogP contribution in [-0.2, 0) is 7.05 Å². The summed E-state index contributed by atoms with van der Waals surface area (Å²) >= 11 is 0. The SMILES string of the molecule is CN(CC(C)(C)O)C(=O)c1ccnn1C. The smallest absolute Gasteiger partial charge is 0.271 e. The molecule has 1 amide bonds. The summed E-state index contributed by atoms with van der Waals surface area (Å²) in [6.07, 6.45) is 1.57. The van der Waals surface area contributed by atoms with Gasteiger partial charge in [0.2, 0.25) is 0 Å². The molecule has 15 heavy (non-hydrogen) atoms. The molecule has 1 aromatic rings. The normalized spacial score (nSPS) is 11.5. The molecular formula is C10H17N3O2. The fourth-order valence-electron chi connectivity index (χ4n) is 1.43. The summed E-state index contributed by atoms with van der Waals surface area (Å²) in [6, 6.07) is 1.66. The van der Waals surface area contributed by atoms with Crippen molar-refractivity contribution < 1.29 is 9.90 Å². The van der Waals surface area contributed by atoms with Crippen LogP contribution in [0.4, 0.5) is 0 Å². The van der Waals surface area contributed by atoms with Crippen molar-refractivity contribution >= 4 is 5.91 Å². The Morgan fingerprint density at radius 3 is 2.67 bits per heavy atom. The number of aryl methyl sites for hydroxylation is 1. The number of carbonyl (C=O) groups is 1. The molecule has 0 aliphatic heterocycles. The Morgan fingerprint density at radius 1 is 1.67 bits per heavy atom. The Hall–Kier alpha value is -1.36. The summed E-state index contributed by atoms with van der Waals surface area (Å²) in [5.41, 5.74) is -0.370. The van der Waals surface area contributed by atoms with Crippen LogP contribution in [0.1, 0.15) is 24.3 Å². The van der Waals surface area contributed by atoms with Crippen molar-refractivity contribution in [3.63, 3.8) is 0 Å². The molecule has 5 nitrogen and oxygen atoms in total. The molecule has 0 aliphatic rings. The number of hydrogen-bond acceptors (Lipinski definition) is 3. The molecule has 0 saturated carbocycles. The number of aliphatic hydroxyl groups is 1. The van der Waals surface area contributed by atoms with Gasteiger partial charge in [-0.2, -0.15) is 5.10 Å². The zero-order valence-electron chi connectivity index (χ0n) is 9.56. The van der Waals surface area contributed by atoms with Gasteiger partial charge in [-0.15, -0.1) is 0 Å². The van der Waals surface area contributed by atoms with Crippen LogP contribution < -0.4 is 0 Å². The van der Waals surface area contributed by atoms with E-state index in [1.165, 1.54) is 9.58 Å². The quantitative estimate of drug-likeness (QED) is 0.780. The summed E-state index contributed by atoms with van der Waals surface area (Å²) in [5, 5.41) is 13.5. The van der Waals surface area contributed by atoms with Gasteiger partial charge in [-0.25, -0.2) is 0 Å². The van der Waals surface area contributed by atoms with Gasteiger partial charge in [-0.1, -0.05) is 0 Å². The number of aromatic nitrogens is 2. The first kappa shape index (κ1) is 11.7. The lowest BCUT2D eigenvalue weighted by Crippen LogP contribution is -2.40. The Morgan fingerprint density at radius 2 is 2.27 bits per heavy atom. The second-order valence-corrected chi connectivity index (χ2v) is 4.31. The standard InChI is InChI=1S/C10H17N3O2/c1-10(2,15)7-12(3)9(14)8-5-6-11-13(8)4/h5-6,15H,7H2,1-4H3. The second-order valence-electron chi connectivity index (χ2n) is 4.31. The molecule has 84 valence electrons. The fraction of sp³-hybridized carbons (Fsp3) is 0.600. The van der Waals surface area contributed by atoms with E-state index in [4.69, 9.17) is 0 Å². The average molecular weight is 211 g/mol. The van der Waals surface area contributed by atoms with Crippen molar-refractivity contribution in [2.24, 2.45) is 7.05 Å². The minimum Gasteiger partial charge on any atom is -0.389 e. The van der Waals surface area contributed by atoms with Crippen molar-refractivity contribution in [2.75, 3.05) is 13.6 Å². The molecule has 5 heteroatoms. The van der Waals surface area contributed by atoms with E-state index in [9.17, 15) is 9.90 Å². The Balaban J connectivity index is 2.74. The topological polar surface area (TPSA) is 58.4 Å². The predicted octanol–water partition coefficient (Wildman–Crippen LogP) is 0.263. The van der Waals surface area contributed by atoms with E-state index in [1.807, 2.05) is 0 Å². The van der Waals surface area contributed by atoms with Gasteiger partial charge in [-0.05, 0) is 19.9 Å². The molecule has 0 aromatic carbocycles. The maximum absolute atomic E-state index is 11.9. The van der Waals surface area contributed by atoms with Crippen LogP contribution in [0.2, 0.25) is 0 Å². The fourth-order valence-corrected chi connectivity index (χ4v) is 1.43. The molecule has 0 bridgehead atoms. The second kappa shape index (κ2) is 4.02. The number of amides is 1. The summed E-state index contributed by atoms with van der Waals surface area (Å²) in [5.74, 6) is -0.142. The lowest BCUT2D eigenvalue weighted by Gasteiger charge is -2.25. The van der Waals surface area contributed by atoms with E-state index in [1.54, 1.807) is 40.2 Å². The lowest BCUT2D eigenvalue weighted by atomic mass is 10.1. The van der Waals surface area contributed by atoms with Gasteiger partial charge >= 0.3 is 0 Å². The van der Waals surface area contributed by atoms with E-state index in [0.29, 0.717) is 5.69 Å². The van der Waals surface area contributed by atoms with E-state index < -0.39 is 5.60 Å². The number of hydrogen-bond donors (Lipinski definition) is 1. The van der Waals surface area contributed by atoms with E-state index >= 15 is 0 Å². The minimum atomic E-state index is -0.886. The Bertz CT molecular complexity index is 352. The molecule has 1 rings (SSSR count). The van der Waals surface area contributed by atoms with Crippen LogP contribution in [0.25, 0.3) is 0 Å². The highest BCUT2D eigenvalue weighted by molar-refractivity contribution is 5.92. The molecule has 0 saturated heterocycles. The number of nitrogens with zero attached hydrogens (tertiary/aromatic N) is 3. The molecule has 0 radical (unpaired) electrons. The predicted molar refractivity (Wildman–Crippen MR) is 56.5 cm³/mol. The van der Waals surface area contributed by atoms with Crippen molar-refractivity contribution in [2.45, 2.75) is 19.4 Å². The lowest BCUT2D eigenvalue weighted by molar-refractivity contribution is 0.0362. The molecule has 0 fully saturated rings. The van der Waals surface area contributed by atoms with E-state index in [0.717, 1.165) is 0 Å². The van der Waals surface area contributed by atoms with Gasteiger partial charge < -0.3 is 10.0 Å². The minimum absolute atomic E-state index is 0.142. The highest BCUT2D eigenvalue weighted by atomic mass is 16.3. The van der Waals surface area contributed by atoms with Crippen LogP contribution >= 0.6 is 0 Å². The summed E-state index contributed by atoms with van der Waals surface area (Å²) < 4.78 is 1.52.